The van der Waals surface area contributed by atoms with E-state index in [1.165, 1.54) is 32.5 Å². The molecule has 0 aromatic carbocycles. The number of hydrogen-bond donors (Lipinski definition) is 2. The average molecular weight is 441 g/mol. The molecule has 0 heterocycles. The first-order valence-corrected chi connectivity index (χ1v) is 11.4. The molecule has 3 unspecified atom stereocenters. The lowest BCUT2D eigenvalue weighted by Crippen LogP contribution is -2.67. The van der Waals surface area contributed by atoms with Crippen LogP contribution in [0.5, 0.6) is 0 Å². The third-order valence-corrected chi connectivity index (χ3v) is 6.76. The fraction of sp³-hybridized carbons (Fsp3) is 0.800. The monoisotopic (exact) mass is 440 g/mol. The molecule has 0 aliphatic heterocycles. The van der Waals surface area contributed by atoms with Crippen molar-refractivity contribution in [3.63, 3.8) is 0 Å². The van der Waals surface area contributed by atoms with Crippen LogP contribution in [0.4, 0.5) is 0 Å². The fourth-order valence-corrected chi connectivity index (χ4v) is 4.44. The number of aliphatic hydroxyl groups is 2. The quantitative estimate of drug-likeness (QED) is 0.332. The summed E-state index contributed by atoms with van der Waals surface area (Å²) in [5, 5.41) is 20.1. The fourth-order valence-electron chi connectivity index (χ4n) is 4.44. The average Bonchev–Trinajstić information content (AvgIpc) is 2.76. The molecule has 2 N–H and O–H groups in total. The van der Waals surface area contributed by atoms with E-state index in [4.69, 9.17) is 19.3 Å². The van der Waals surface area contributed by atoms with E-state index in [9.17, 15) is 9.90 Å². The van der Waals surface area contributed by atoms with Gasteiger partial charge in [0.2, 0.25) is 5.79 Å². The molecule has 0 aromatic rings. The smallest absolute Gasteiger partial charge is 0.228 e. The third kappa shape index (κ3) is 7.22. The molecule has 5 atom stereocenters. The van der Waals surface area contributed by atoms with E-state index in [2.05, 4.69) is 32.9 Å². The van der Waals surface area contributed by atoms with Crippen molar-refractivity contribution in [1.82, 2.24) is 0 Å². The second kappa shape index (κ2) is 13.5. The van der Waals surface area contributed by atoms with Gasteiger partial charge in [-0.25, -0.2) is 0 Å². The molecule has 0 amide bonds. The molecule has 0 radical (unpaired) electrons. The molecule has 1 aliphatic rings. The number of Topliss-reactive ketones (excluding diaryl/α,β-unsaturated/α-hetero) is 1. The summed E-state index contributed by atoms with van der Waals surface area (Å²) in [6.45, 7) is 8.42. The Morgan fingerprint density at radius 3 is 2.29 bits per heavy atom. The van der Waals surface area contributed by atoms with Crippen molar-refractivity contribution >= 4 is 5.78 Å². The summed E-state index contributed by atoms with van der Waals surface area (Å²) >= 11 is 0. The maximum Gasteiger partial charge on any atom is 0.228 e. The Hall–Kier alpha value is -1.05. The highest BCUT2D eigenvalue weighted by atomic mass is 16.7. The Morgan fingerprint density at radius 1 is 1.13 bits per heavy atom. The Labute approximate surface area is 188 Å². The first-order chi connectivity index (χ1) is 14.7. The lowest BCUT2D eigenvalue weighted by Gasteiger charge is -2.48. The van der Waals surface area contributed by atoms with Gasteiger partial charge >= 0.3 is 0 Å². The van der Waals surface area contributed by atoms with E-state index in [1.54, 1.807) is 0 Å². The van der Waals surface area contributed by atoms with E-state index < -0.39 is 18.0 Å². The summed E-state index contributed by atoms with van der Waals surface area (Å²) in [6.07, 6.45) is 8.18. The van der Waals surface area contributed by atoms with Crippen LogP contribution in [0.15, 0.2) is 23.3 Å². The maximum atomic E-state index is 12.8. The number of hydrogen-bond acceptors (Lipinski definition) is 6. The van der Waals surface area contributed by atoms with Gasteiger partial charge in [0.05, 0.1) is 0 Å². The van der Waals surface area contributed by atoms with E-state index in [1.807, 2.05) is 6.92 Å². The number of ketones is 1. The Kier molecular flexibility index (Phi) is 12.2. The molecule has 6 nitrogen and oxygen atoms in total. The summed E-state index contributed by atoms with van der Waals surface area (Å²) < 4.78 is 16.3. The molecule has 0 bridgehead atoms. The SMILES string of the molecule is COC1C(=O)C(C)[C@@H](C/C=C(\C)CC/C=C(\C)CCCC(C)CO)[C@@H](O)C1(OC)OC. The third-order valence-electron chi connectivity index (χ3n) is 6.76. The van der Waals surface area contributed by atoms with Crippen LogP contribution in [-0.4, -0.2) is 61.9 Å². The molecule has 1 aliphatic carbocycles. The van der Waals surface area contributed by atoms with Crippen LogP contribution >= 0.6 is 0 Å². The predicted molar refractivity (Wildman–Crippen MR) is 123 cm³/mol. The molecule has 31 heavy (non-hydrogen) atoms. The van der Waals surface area contributed by atoms with Gasteiger partial charge in [-0.3, -0.25) is 4.79 Å². The van der Waals surface area contributed by atoms with Crippen LogP contribution in [-0.2, 0) is 19.0 Å². The van der Waals surface area contributed by atoms with Crippen LogP contribution < -0.4 is 0 Å². The zero-order chi connectivity index (χ0) is 23.6. The number of carbonyl (C=O) groups excluding carboxylic acids is 1. The molecule has 0 spiro atoms. The predicted octanol–water partition coefficient (Wildman–Crippen LogP) is 4.05. The number of rotatable bonds is 13. The van der Waals surface area contributed by atoms with Gasteiger partial charge in [-0.15, -0.1) is 0 Å². The van der Waals surface area contributed by atoms with Crippen molar-refractivity contribution in [2.24, 2.45) is 17.8 Å². The summed E-state index contributed by atoms with van der Waals surface area (Å²) in [5.74, 6) is -1.89. The topological polar surface area (TPSA) is 85.2 Å². The largest absolute Gasteiger partial charge is 0.396 e. The van der Waals surface area contributed by atoms with Crippen LogP contribution in [0.1, 0.15) is 66.2 Å². The highest BCUT2D eigenvalue weighted by Crippen LogP contribution is 2.40. The van der Waals surface area contributed by atoms with Crippen LogP contribution in [0.3, 0.4) is 0 Å². The minimum atomic E-state index is -1.49. The minimum Gasteiger partial charge on any atom is -0.396 e. The zero-order valence-corrected chi connectivity index (χ0v) is 20.5. The first-order valence-electron chi connectivity index (χ1n) is 11.4. The second-order valence-corrected chi connectivity index (χ2v) is 9.10. The molecular formula is C25H44O6. The number of carbonyl (C=O) groups is 1. The molecule has 1 saturated carbocycles. The highest BCUT2D eigenvalue weighted by Gasteiger charge is 2.59. The van der Waals surface area contributed by atoms with Gasteiger partial charge in [0.25, 0.3) is 0 Å². The van der Waals surface area contributed by atoms with Crippen molar-refractivity contribution in [3.05, 3.63) is 23.3 Å². The molecule has 1 rings (SSSR count). The summed E-state index contributed by atoms with van der Waals surface area (Å²) in [7, 11) is 4.29. The Morgan fingerprint density at radius 2 is 1.74 bits per heavy atom. The molecule has 0 aromatic heterocycles. The summed E-state index contributed by atoms with van der Waals surface area (Å²) in [4.78, 5) is 12.8. The normalized spacial score (nSPS) is 28.1. The van der Waals surface area contributed by atoms with Gasteiger partial charge in [-0.05, 0) is 58.3 Å². The van der Waals surface area contributed by atoms with E-state index in [0.29, 0.717) is 12.3 Å². The summed E-state index contributed by atoms with van der Waals surface area (Å²) in [6, 6.07) is 0. The van der Waals surface area contributed by atoms with Crippen molar-refractivity contribution < 1.29 is 29.2 Å². The van der Waals surface area contributed by atoms with E-state index in [-0.39, 0.29) is 24.2 Å². The van der Waals surface area contributed by atoms with Gasteiger partial charge in [0, 0.05) is 39.8 Å². The van der Waals surface area contributed by atoms with Crippen LogP contribution in [0.2, 0.25) is 0 Å². The van der Waals surface area contributed by atoms with Gasteiger partial charge in [-0.1, -0.05) is 37.1 Å². The molecule has 6 heteroatoms. The Balaban J connectivity index is 2.68. The lowest BCUT2D eigenvalue weighted by molar-refractivity contribution is -0.320. The molecule has 180 valence electrons. The van der Waals surface area contributed by atoms with Gasteiger partial charge in [-0.2, -0.15) is 0 Å². The van der Waals surface area contributed by atoms with Crippen molar-refractivity contribution in [3.8, 4) is 0 Å². The van der Waals surface area contributed by atoms with Crippen molar-refractivity contribution in [2.75, 3.05) is 27.9 Å². The maximum absolute atomic E-state index is 12.8. The number of allylic oxidation sites excluding steroid dienone is 4. The van der Waals surface area contributed by atoms with Crippen LogP contribution in [0, 0.1) is 17.8 Å². The van der Waals surface area contributed by atoms with Crippen molar-refractivity contribution in [2.45, 2.75) is 84.2 Å². The first kappa shape index (κ1) is 28.0. The lowest BCUT2D eigenvalue weighted by atomic mass is 9.70. The molecular weight excluding hydrogens is 396 g/mol. The Bertz CT molecular complexity index is 607. The molecule has 0 saturated heterocycles. The molecule has 1 fully saturated rings. The minimum absolute atomic E-state index is 0.110. The van der Waals surface area contributed by atoms with Gasteiger partial charge in [0.1, 0.15) is 6.10 Å². The van der Waals surface area contributed by atoms with Crippen molar-refractivity contribution in [1.29, 1.82) is 0 Å². The van der Waals surface area contributed by atoms with Gasteiger partial charge in [0.15, 0.2) is 11.9 Å². The zero-order valence-electron chi connectivity index (χ0n) is 20.5. The number of methoxy groups -OCH3 is 3. The van der Waals surface area contributed by atoms with E-state index in [0.717, 1.165) is 32.1 Å². The second-order valence-electron chi connectivity index (χ2n) is 9.10. The highest BCUT2D eigenvalue weighted by molar-refractivity contribution is 5.87. The number of ether oxygens (including phenoxy) is 3. The van der Waals surface area contributed by atoms with E-state index >= 15 is 0 Å². The summed E-state index contributed by atoms with van der Waals surface area (Å²) in [5.41, 5.74) is 2.62. The standard InChI is InChI=1S/C25H44O6/c1-17(11-9-13-19(3)16-26)10-8-12-18(2)14-15-21-20(4)22(27)24(29-5)25(30-6,31-7)23(21)28/h10,14,19-21,23-24,26,28H,8-9,11-13,15-16H2,1-7H3/b17-10+,18-14+/t19?,20?,21-,23-,24?/m1/s1. The van der Waals surface area contributed by atoms with Gasteiger partial charge < -0.3 is 24.4 Å². The van der Waals surface area contributed by atoms with Crippen LogP contribution in [0.25, 0.3) is 0 Å². The number of aliphatic hydroxyl groups excluding tert-OH is 2.